The van der Waals surface area contributed by atoms with E-state index in [9.17, 15) is 5.11 Å². The Balaban J connectivity index is 1.88. The van der Waals surface area contributed by atoms with E-state index in [1.165, 1.54) is 0 Å². The van der Waals surface area contributed by atoms with Gasteiger partial charge in [0, 0.05) is 19.0 Å². The third kappa shape index (κ3) is 4.03. The molecular weight excluding hydrogens is 254 g/mol. The predicted molar refractivity (Wildman–Crippen MR) is 78.0 cm³/mol. The van der Waals surface area contributed by atoms with Crippen LogP contribution >= 0.6 is 0 Å². The highest BCUT2D eigenvalue weighted by molar-refractivity contribution is 5.41. The van der Waals surface area contributed by atoms with E-state index in [0.717, 1.165) is 24.3 Å². The number of rotatable bonds is 7. The Kier molecular flexibility index (Phi) is 5.07. The molecule has 0 saturated carbocycles. The standard InChI is InChI=1S/C16H21NO3/c1-3-19-16-10-13(6-7-15(16)18)11-17-12(2)9-14-5-4-8-20-14/h4-8,10,12,17-18H,3,9,11H2,1-2H3. The number of aromatic hydroxyl groups is 1. The van der Waals surface area contributed by atoms with Crippen LogP contribution in [0.25, 0.3) is 0 Å². The molecule has 1 atom stereocenters. The number of phenols is 1. The molecule has 2 rings (SSSR count). The van der Waals surface area contributed by atoms with Crippen LogP contribution in [0.3, 0.4) is 0 Å². The van der Waals surface area contributed by atoms with Gasteiger partial charge in [0.1, 0.15) is 5.76 Å². The molecule has 4 nitrogen and oxygen atoms in total. The third-order valence-corrected chi connectivity index (χ3v) is 3.07. The highest BCUT2D eigenvalue weighted by Crippen LogP contribution is 2.26. The SMILES string of the molecule is CCOc1cc(CNC(C)Cc2ccco2)ccc1O. The lowest BCUT2D eigenvalue weighted by atomic mass is 10.1. The molecule has 1 aromatic heterocycles. The predicted octanol–water partition coefficient (Wildman–Crippen LogP) is 3.10. The number of furan rings is 1. The highest BCUT2D eigenvalue weighted by Gasteiger charge is 2.07. The molecule has 0 aliphatic rings. The van der Waals surface area contributed by atoms with Crippen molar-refractivity contribution in [3.8, 4) is 11.5 Å². The maximum absolute atomic E-state index is 9.66. The summed E-state index contributed by atoms with van der Waals surface area (Å²) in [5.41, 5.74) is 1.08. The number of hydrogen-bond donors (Lipinski definition) is 2. The maximum atomic E-state index is 9.66. The summed E-state index contributed by atoms with van der Waals surface area (Å²) < 4.78 is 10.7. The molecule has 20 heavy (non-hydrogen) atoms. The molecule has 1 aromatic carbocycles. The molecule has 0 amide bonds. The summed E-state index contributed by atoms with van der Waals surface area (Å²) in [5.74, 6) is 1.69. The van der Waals surface area contributed by atoms with Crippen LogP contribution in [-0.4, -0.2) is 17.8 Å². The van der Waals surface area contributed by atoms with E-state index in [1.54, 1.807) is 12.3 Å². The molecule has 4 heteroatoms. The van der Waals surface area contributed by atoms with Crippen molar-refractivity contribution < 1.29 is 14.3 Å². The van der Waals surface area contributed by atoms with Gasteiger partial charge in [0.25, 0.3) is 0 Å². The van der Waals surface area contributed by atoms with Crippen molar-refractivity contribution in [1.82, 2.24) is 5.32 Å². The molecule has 0 bridgehead atoms. The van der Waals surface area contributed by atoms with Gasteiger partial charge in [0.2, 0.25) is 0 Å². The second-order valence-corrected chi connectivity index (χ2v) is 4.80. The van der Waals surface area contributed by atoms with Gasteiger partial charge in [-0.3, -0.25) is 0 Å². The summed E-state index contributed by atoms with van der Waals surface area (Å²) in [6.07, 6.45) is 2.54. The first kappa shape index (κ1) is 14.5. The Labute approximate surface area is 119 Å². The van der Waals surface area contributed by atoms with Gasteiger partial charge in [-0.2, -0.15) is 0 Å². The molecule has 2 aromatic rings. The molecular formula is C16H21NO3. The summed E-state index contributed by atoms with van der Waals surface area (Å²) in [6, 6.07) is 9.61. The van der Waals surface area contributed by atoms with Crippen LogP contribution in [0.1, 0.15) is 25.2 Å². The molecule has 0 radical (unpaired) electrons. The first-order chi connectivity index (χ1) is 9.69. The monoisotopic (exact) mass is 275 g/mol. The van der Waals surface area contributed by atoms with E-state index >= 15 is 0 Å². The largest absolute Gasteiger partial charge is 0.504 e. The van der Waals surface area contributed by atoms with Crippen LogP contribution in [0.4, 0.5) is 0 Å². The van der Waals surface area contributed by atoms with E-state index in [1.807, 2.05) is 31.2 Å². The number of phenolic OH excluding ortho intramolecular Hbond substituents is 1. The molecule has 0 fully saturated rings. The van der Waals surface area contributed by atoms with Crippen LogP contribution < -0.4 is 10.1 Å². The van der Waals surface area contributed by atoms with Crippen LogP contribution in [0.5, 0.6) is 11.5 Å². The van der Waals surface area contributed by atoms with Crippen LogP contribution in [0.2, 0.25) is 0 Å². The number of benzene rings is 1. The van der Waals surface area contributed by atoms with E-state index in [2.05, 4.69) is 12.2 Å². The van der Waals surface area contributed by atoms with Crippen molar-refractivity contribution in [3.63, 3.8) is 0 Å². The van der Waals surface area contributed by atoms with Crippen LogP contribution in [0, 0.1) is 0 Å². The topological polar surface area (TPSA) is 54.6 Å². The molecule has 0 saturated heterocycles. The molecule has 1 heterocycles. The van der Waals surface area contributed by atoms with Crippen molar-refractivity contribution in [1.29, 1.82) is 0 Å². The van der Waals surface area contributed by atoms with Crippen molar-refractivity contribution in [3.05, 3.63) is 47.9 Å². The summed E-state index contributed by atoms with van der Waals surface area (Å²) in [7, 11) is 0. The van der Waals surface area contributed by atoms with Gasteiger partial charge in [0.15, 0.2) is 11.5 Å². The van der Waals surface area contributed by atoms with E-state index in [-0.39, 0.29) is 5.75 Å². The van der Waals surface area contributed by atoms with E-state index < -0.39 is 0 Å². The quantitative estimate of drug-likeness (QED) is 0.815. The van der Waals surface area contributed by atoms with Crippen LogP contribution in [-0.2, 0) is 13.0 Å². The van der Waals surface area contributed by atoms with E-state index in [0.29, 0.717) is 18.4 Å². The highest BCUT2D eigenvalue weighted by atomic mass is 16.5. The van der Waals surface area contributed by atoms with Crippen molar-refractivity contribution in [2.24, 2.45) is 0 Å². The van der Waals surface area contributed by atoms with Gasteiger partial charge in [0.05, 0.1) is 12.9 Å². The van der Waals surface area contributed by atoms with Gasteiger partial charge in [-0.25, -0.2) is 0 Å². The van der Waals surface area contributed by atoms with Gasteiger partial charge in [-0.05, 0) is 43.7 Å². The zero-order valence-electron chi connectivity index (χ0n) is 11.9. The zero-order valence-corrected chi connectivity index (χ0v) is 11.9. The fourth-order valence-corrected chi connectivity index (χ4v) is 2.03. The average molecular weight is 275 g/mol. The fraction of sp³-hybridized carbons (Fsp3) is 0.375. The lowest BCUT2D eigenvalue weighted by Gasteiger charge is -2.13. The van der Waals surface area contributed by atoms with E-state index in [4.69, 9.17) is 9.15 Å². The number of ether oxygens (including phenoxy) is 1. The normalized spacial score (nSPS) is 12.3. The molecule has 0 spiro atoms. The Morgan fingerprint density at radius 1 is 1.35 bits per heavy atom. The van der Waals surface area contributed by atoms with Crippen molar-refractivity contribution in [2.45, 2.75) is 32.9 Å². The Bertz CT molecular complexity index is 523. The summed E-state index contributed by atoms with van der Waals surface area (Å²) in [6.45, 7) is 5.28. The molecule has 2 N–H and O–H groups in total. The summed E-state index contributed by atoms with van der Waals surface area (Å²) >= 11 is 0. The Hall–Kier alpha value is -1.94. The number of nitrogens with one attached hydrogen (secondary N) is 1. The number of hydrogen-bond acceptors (Lipinski definition) is 4. The minimum atomic E-state index is 0.180. The van der Waals surface area contributed by atoms with Crippen molar-refractivity contribution >= 4 is 0 Å². The third-order valence-electron chi connectivity index (χ3n) is 3.07. The Morgan fingerprint density at radius 2 is 2.20 bits per heavy atom. The Morgan fingerprint density at radius 3 is 2.90 bits per heavy atom. The minimum Gasteiger partial charge on any atom is -0.504 e. The van der Waals surface area contributed by atoms with Crippen molar-refractivity contribution in [2.75, 3.05) is 6.61 Å². The summed E-state index contributed by atoms with van der Waals surface area (Å²) in [4.78, 5) is 0. The smallest absolute Gasteiger partial charge is 0.161 e. The first-order valence-corrected chi connectivity index (χ1v) is 6.89. The van der Waals surface area contributed by atoms with Crippen LogP contribution in [0.15, 0.2) is 41.0 Å². The lowest BCUT2D eigenvalue weighted by molar-refractivity contribution is 0.317. The molecule has 0 aliphatic carbocycles. The fourth-order valence-electron chi connectivity index (χ4n) is 2.03. The summed E-state index contributed by atoms with van der Waals surface area (Å²) in [5, 5.41) is 13.1. The second-order valence-electron chi connectivity index (χ2n) is 4.80. The van der Waals surface area contributed by atoms with Gasteiger partial charge >= 0.3 is 0 Å². The zero-order chi connectivity index (χ0) is 14.4. The lowest BCUT2D eigenvalue weighted by Crippen LogP contribution is -2.27. The first-order valence-electron chi connectivity index (χ1n) is 6.89. The second kappa shape index (κ2) is 7.01. The average Bonchev–Trinajstić information content (AvgIpc) is 2.93. The molecule has 1 unspecified atom stereocenters. The van der Waals surface area contributed by atoms with Gasteiger partial charge < -0.3 is 19.6 Å². The van der Waals surface area contributed by atoms with Gasteiger partial charge in [-0.1, -0.05) is 6.07 Å². The maximum Gasteiger partial charge on any atom is 0.161 e. The molecule has 0 aliphatic heterocycles. The van der Waals surface area contributed by atoms with Gasteiger partial charge in [-0.15, -0.1) is 0 Å². The molecule has 108 valence electrons. The minimum absolute atomic E-state index is 0.180.